The van der Waals surface area contributed by atoms with Crippen LogP contribution in [0.4, 0.5) is 0 Å². The Balaban J connectivity index is 0.000000960. The average molecular weight is 435 g/mol. The summed E-state index contributed by atoms with van der Waals surface area (Å²) in [6, 6.07) is 13.6. The van der Waals surface area contributed by atoms with Gasteiger partial charge in [0.25, 0.3) is 0 Å². The van der Waals surface area contributed by atoms with Gasteiger partial charge in [-0.15, -0.1) is 0 Å². The normalized spacial score (nSPS) is 13.1. The molecular formula is C21H20Cl2Zr. The van der Waals surface area contributed by atoms with E-state index in [0.29, 0.717) is 0 Å². The molecule has 2 aliphatic rings. The van der Waals surface area contributed by atoms with Crippen LogP contribution in [-0.4, -0.2) is 0 Å². The van der Waals surface area contributed by atoms with Crippen molar-refractivity contribution in [2.24, 2.45) is 0 Å². The molecule has 0 fully saturated rings. The number of rotatable bonds is 3. The molecule has 0 saturated carbocycles. The fraction of sp³-hybridized carbons (Fsp3) is 0.238. The van der Waals surface area contributed by atoms with Gasteiger partial charge < -0.3 is 24.8 Å². The van der Waals surface area contributed by atoms with Crippen molar-refractivity contribution in [1.82, 2.24) is 0 Å². The molecule has 0 heterocycles. The number of allylic oxidation sites excluding steroid dienone is 4. The predicted molar refractivity (Wildman–Crippen MR) is 89.6 cm³/mol. The molecule has 122 valence electrons. The predicted octanol–water partition coefficient (Wildman–Crippen LogP) is -0.745. The van der Waals surface area contributed by atoms with E-state index in [-0.39, 0.29) is 51.0 Å². The van der Waals surface area contributed by atoms with Crippen LogP contribution in [0, 0.1) is 0 Å². The van der Waals surface area contributed by atoms with E-state index in [0.717, 1.165) is 25.7 Å². The third-order valence-corrected chi connectivity index (χ3v) is 4.84. The van der Waals surface area contributed by atoms with E-state index in [9.17, 15) is 0 Å². The van der Waals surface area contributed by atoms with Crippen molar-refractivity contribution in [2.45, 2.75) is 32.6 Å². The van der Waals surface area contributed by atoms with Crippen LogP contribution in [0.2, 0.25) is 0 Å². The van der Waals surface area contributed by atoms with Crippen LogP contribution in [0.25, 0.3) is 11.1 Å². The maximum absolute atomic E-state index is 2.35. The van der Waals surface area contributed by atoms with Crippen molar-refractivity contribution < 1.29 is 51.0 Å². The van der Waals surface area contributed by atoms with Crippen molar-refractivity contribution >= 4 is 0 Å². The van der Waals surface area contributed by atoms with E-state index in [1.54, 1.807) is 16.7 Å². The van der Waals surface area contributed by atoms with Gasteiger partial charge in [-0.25, -0.2) is 0 Å². The van der Waals surface area contributed by atoms with Crippen molar-refractivity contribution in [2.75, 3.05) is 0 Å². The molecule has 0 unspecified atom stereocenters. The molecule has 0 nitrogen and oxygen atoms in total. The molecule has 0 bridgehead atoms. The molecule has 3 heteroatoms. The largest absolute Gasteiger partial charge is 2.00 e. The fourth-order valence-electron chi connectivity index (χ4n) is 3.72. The number of halogens is 2. The van der Waals surface area contributed by atoms with Gasteiger partial charge >= 0.3 is 26.2 Å². The number of hydrogen-bond acceptors (Lipinski definition) is 0. The summed E-state index contributed by atoms with van der Waals surface area (Å²) >= 11 is 0. The second-order valence-electron chi connectivity index (χ2n) is 6.05. The minimum Gasteiger partial charge on any atom is -1.00 e. The zero-order valence-corrected chi connectivity index (χ0v) is 17.8. The van der Waals surface area contributed by atoms with E-state index in [2.05, 4.69) is 61.5 Å². The number of benzene rings is 2. The third-order valence-electron chi connectivity index (χ3n) is 4.84. The summed E-state index contributed by atoms with van der Waals surface area (Å²) in [5.41, 5.74) is 10.6. The van der Waals surface area contributed by atoms with Crippen LogP contribution in [0.1, 0.15) is 35.6 Å². The summed E-state index contributed by atoms with van der Waals surface area (Å²) in [5, 5.41) is 0. The van der Waals surface area contributed by atoms with E-state index in [4.69, 9.17) is 0 Å². The minimum absolute atomic E-state index is 0. The minimum atomic E-state index is 0. The molecule has 2 aromatic carbocycles. The van der Waals surface area contributed by atoms with Crippen molar-refractivity contribution in [3.05, 3.63) is 82.5 Å². The Bertz CT molecular complexity index is 775. The van der Waals surface area contributed by atoms with Crippen molar-refractivity contribution in [1.29, 1.82) is 0 Å². The molecule has 0 atom stereocenters. The van der Waals surface area contributed by atoms with Gasteiger partial charge in [0.2, 0.25) is 0 Å². The molecule has 0 radical (unpaired) electrons. The van der Waals surface area contributed by atoms with Crippen LogP contribution < -0.4 is 24.8 Å². The Morgan fingerprint density at radius 1 is 0.958 bits per heavy atom. The zero-order valence-electron chi connectivity index (χ0n) is 13.8. The van der Waals surface area contributed by atoms with Gasteiger partial charge in [0.15, 0.2) is 0 Å². The van der Waals surface area contributed by atoms with E-state index >= 15 is 0 Å². The smallest absolute Gasteiger partial charge is 1.00 e. The first-order valence-electron chi connectivity index (χ1n) is 7.93. The van der Waals surface area contributed by atoms with Crippen molar-refractivity contribution in [3.63, 3.8) is 0 Å². The Morgan fingerprint density at radius 3 is 2.46 bits per heavy atom. The number of aryl methyl sites for hydroxylation is 1. The van der Waals surface area contributed by atoms with E-state index in [1.807, 2.05) is 0 Å². The summed E-state index contributed by atoms with van der Waals surface area (Å²) in [6.45, 7) is 2.27. The third kappa shape index (κ3) is 3.80. The first kappa shape index (κ1) is 21.4. The van der Waals surface area contributed by atoms with E-state index < -0.39 is 0 Å². The molecule has 2 aromatic rings. The molecule has 0 spiro atoms. The summed E-state index contributed by atoms with van der Waals surface area (Å²) in [4.78, 5) is 0. The van der Waals surface area contributed by atoms with Crippen LogP contribution in [0.15, 0.2) is 60.2 Å². The monoisotopic (exact) mass is 432 g/mol. The van der Waals surface area contributed by atoms with Crippen LogP contribution in [-0.2, 0) is 45.5 Å². The Kier molecular flexibility index (Phi) is 8.20. The Morgan fingerprint density at radius 2 is 1.75 bits per heavy atom. The topological polar surface area (TPSA) is 0 Å². The molecular weight excluding hydrogens is 414 g/mol. The van der Waals surface area contributed by atoms with Gasteiger partial charge in [-0.05, 0) is 59.1 Å². The first-order chi connectivity index (χ1) is 10.4. The quantitative estimate of drug-likeness (QED) is 0.509. The molecule has 0 amide bonds. The summed E-state index contributed by atoms with van der Waals surface area (Å²) < 4.78 is 0. The molecule has 0 N–H and O–H groups in total. The maximum Gasteiger partial charge on any atom is 2.00 e. The van der Waals surface area contributed by atoms with Crippen LogP contribution >= 0.6 is 0 Å². The Labute approximate surface area is 176 Å². The van der Waals surface area contributed by atoms with Gasteiger partial charge in [-0.1, -0.05) is 67.1 Å². The van der Waals surface area contributed by atoms with Crippen LogP contribution in [0.5, 0.6) is 0 Å². The number of fused-ring (bicyclic) bond motifs is 3. The summed E-state index contributed by atoms with van der Waals surface area (Å²) in [7, 11) is 0. The number of hydrogen-bond donors (Lipinski definition) is 0. The molecule has 0 aromatic heterocycles. The molecule has 2 aliphatic carbocycles. The molecule has 0 saturated heterocycles. The average Bonchev–Trinajstić information content (AvgIpc) is 3.15. The summed E-state index contributed by atoms with van der Waals surface area (Å²) in [5.74, 6) is 0. The fourth-order valence-corrected chi connectivity index (χ4v) is 3.72. The second kappa shape index (κ2) is 9.18. The Hall–Kier alpha value is -0.617. The standard InChI is InChI=1S/C21H20.2ClH.Zr/c1-2-16-11-12-19-18-10-6-5-9-17(18)14-21(19)20(16)13-15-7-3-4-8-15;;;/h3-7,9-12H,2,8,13-14H2,1H3;2*1H;/q;;;+2/p-2. The van der Waals surface area contributed by atoms with Gasteiger partial charge in [0.05, 0.1) is 0 Å². The maximum atomic E-state index is 2.35. The van der Waals surface area contributed by atoms with Gasteiger partial charge in [0, 0.05) is 0 Å². The molecule has 0 aliphatic heterocycles. The zero-order chi connectivity index (χ0) is 14.2. The van der Waals surface area contributed by atoms with Gasteiger partial charge in [-0.3, -0.25) is 0 Å². The van der Waals surface area contributed by atoms with Crippen LogP contribution in [0.3, 0.4) is 0 Å². The first-order valence-corrected chi connectivity index (χ1v) is 7.93. The summed E-state index contributed by atoms with van der Waals surface area (Å²) in [6.07, 6.45) is 11.2. The van der Waals surface area contributed by atoms with Gasteiger partial charge in [-0.2, -0.15) is 0 Å². The van der Waals surface area contributed by atoms with Crippen molar-refractivity contribution in [3.8, 4) is 11.1 Å². The molecule has 24 heavy (non-hydrogen) atoms. The SMILES string of the molecule is CCc1ccc2c(c1CC1=CC=CC1)Cc1ccccc1-2.[Cl-].[Cl-].[Zr+2]. The van der Waals surface area contributed by atoms with Gasteiger partial charge in [0.1, 0.15) is 0 Å². The van der Waals surface area contributed by atoms with E-state index in [1.165, 1.54) is 22.3 Å². The second-order valence-corrected chi connectivity index (χ2v) is 6.05. The molecule has 4 rings (SSSR count).